The van der Waals surface area contributed by atoms with Crippen molar-refractivity contribution in [1.82, 2.24) is 0 Å². The normalized spacial score (nSPS) is 10.3. The minimum Gasteiger partial charge on any atom is -0.458 e. The van der Waals surface area contributed by atoms with Gasteiger partial charge in [0, 0.05) is 12.2 Å². The third kappa shape index (κ3) is 6.24. The Morgan fingerprint density at radius 2 is 1.04 bits per heavy atom. The summed E-state index contributed by atoms with van der Waals surface area (Å²) in [6.07, 6.45) is 5.58. The van der Waals surface area contributed by atoms with E-state index in [1.54, 1.807) is 12.2 Å². The summed E-state index contributed by atoms with van der Waals surface area (Å²) in [5.74, 6) is -1.21. The second kappa shape index (κ2) is 9.79. The van der Waals surface area contributed by atoms with Gasteiger partial charge in [0.2, 0.25) is 0 Å². The van der Waals surface area contributed by atoms with Gasteiger partial charge >= 0.3 is 11.9 Å². The number of carbonyl (C=O) groups excluding carboxylic acids is 2. The summed E-state index contributed by atoms with van der Waals surface area (Å²) in [5.41, 5.74) is 3.68. The van der Waals surface area contributed by atoms with Gasteiger partial charge in [0.15, 0.2) is 0 Å². The zero-order valence-electron chi connectivity index (χ0n) is 14.4. The van der Waals surface area contributed by atoms with Crippen LogP contribution in [0.1, 0.15) is 22.3 Å². The van der Waals surface area contributed by atoms with E-state index in [1.165, 1.54) is 0 Å². The van der Waals surface area contributed by atoms with Gasteiger partial charge in [-0.15, -0.1) is 0 Å². The van der Waals surface area contributed by atoms with Crippen molar-refractivity contribution in [1.29, 1.82) is 0 Å². The molecule has 26 heavy (non-hydrogen) atoms. The number of ether oxygens (including phenoxy) is 2. The molecule has 0 amide bonds. The number of benzene rings is 2. The summed E-state index contributed by atoms with van der Waals surface area (Å²) in [5, 5.41) is 0. The predicted octanol–water partition coefficient (Wildman–Crippen LogP) is 4.32. The fraction of sp³-hybridized carbons (Fsp3) is 0.0909. The Hall–Kier alpha value is -3.40. The molecule has 0 aromatic heterocycles. The van der Waals surface area contributed by atoms with E-state index >= 15 is 0 Å². The number of carbonyl (C=O) groups is 2. The lowest BCUT2D eigenvalue weighted by atomic mass is 10.1. The van der Waals surface area contributed by atoms with Crippen molar-refractivity contribution in [3.05, 3.63) is 96.1 Å². The van der Waals surface area contributed by atoms with Gasteiger partial charge < -0.3 is 9.47 Å². The van der Waals surface area contributed by atoms with Gasteiger partial charge in [0.1, 0.15) is 13.2 Å². The highest BCUT2D eigenvalue weighted by atomic mass is 16.5. The Kier molecular flexibility index (Phi) is 7.13. The molecule has 132 valence electrons. The van der Waals surface area contributed by atoms with E-state index in [9.17, 15) is 9.59 Å². The largest absolute Gasteiger partial charge is 0.458 e. The lowest BCUT2D eigenvalue weighted by Crippen LogP contribution is -2.04. The Bertz CT molecular complexity index is 730. The molecule has 0 saturated heterocycles. The summed E-state index contributed by atoms with van der Waals surface area (Å²) in [6.45, 7) is 7.61. The van der Waals surface area contributed by atoms with Crippen molar-refractivity contribution in [2.75, 3.05) is 0 Å². The van der Waals surface area contributed by atoms with Crippen molar-refractivity contribution in [2.45, 2.75) is 13.2 Å². The Labute approximate surface area is 153 Å². The zero-order chi connectivity index (χ0) is 18.8. The summed E-state index contributed by atoms with van der Waals surface area (Å²) >= 11 is 0. The van der Waals surface area contributed by atoms with Crippen LogP contribution in [0, 0.1) is 0 Å². The molecule has 0 atom stereocenters. The molecule has 0 fully saturated rings. The molecule has 0 bridgehead atoms. The molecule has 4 heteroatoms. The average Bonchev–Trinajstić information content (AvgIpc) is 2.69. The van der Waals surface area contributed by atoms with Gasteiger partial charge in [-0.25, -0.2) is 9.59 Å². The second-order valence-corrected chi connectivity index (χ2v) is 5.44. The van der Waals surface area contributed by atoms with Crippen LogP contribution >= 0.6 is 0 Å². The number of hydrogen-bond donors (Lipinski definition) is 0. The van der Waals surface area contributed by atoms with E-state index in [1.807, 2.05) is 48.5 Å². The van der Waals surface area contributed by atoms with Crippen LogP contribution in [0.3, 0.4) is 0 Å². The van der Waals surface area contributed by atoms with Crippen molar-refractivity contribution in [3.63, 3.8) is 0 Å². The topological polar surface area (TPSA) is 52.6 Å². The van der Waals surface area contributed by atoms with E-state index in [4.69, 9.17) is 9.47 Å². The lowest BCUT2D eigenvalue weighted by molar-refractivity contribution is -0.141. The van der Waals surface area contributed by atoms with Crippen LogP contribution in [0.5, 0.6) is 0 Å². The highest BCUT2D eigenvalue weighted by Gasteiger charge is 2.03. The maximum Gasteiger partial charge on any atom is 0.331 e. The first-order chi connectivity index (χ1) is 12.6. The SMILES string of the molecule is C=Cc1ccc(COC(=O)C=CC(=O)OCc2ccc(C=C)cc2)cc1. The molecule has 0 aliphatic heterocycles. The van der Waals surface area contributed by atoms with Crippen LogP contribution in [0.2, 0.25) is 0 Å². The van der Waals surface area contributed by atoms with Crippen molar-refractivity contribution < 1.29 is 19.1 Å². The Balaban J connectivity index is 1.74. The number of esters is 2. The van der Waals surface area contributed by atoms with E-state index in [0.717, 1.165) is 34.4 Å². The number of rotatable bonds is 8. The first kappa shape index (κ1) is 18.9. The molecule has 0 aliphatic rings. The van der Waals surface area contributed by atoms with E-state index in [-0.39, 0.29) is 13.2 Å². The molecule has 0 unspecified atom stereocenters. The molecule has 0 heterocycles. The average molecular weight is 348 g/mol. The summed E-state index contributed by atoms with van der Waals surface area (Å²) in [6, 6.07) is 14.9. The van der Waals surface area contributed by atoms with E-state index in [0.29, 0.717) is 0 Å². The smallest absolute Gasteiger partial charge is 0.331 e. The van der Waals surface area contributed by atoms with Crippen LogP contribution in [-0.4, -0.2) is 11.9 Å². The third-order valence-corrected chi connectivity index (χ3v) is 3.55. The highest BCUT2D eigenvalue weighted by molar-refractivity contribution is 5.91. The van der Waals surface area contributed by atoms with Crippen LogP contribution < -0.4 is 0 Å². The molecule has 2 aromatic rings. The maximum absolute atomic E-state index is 11.6. The quantitative estimate of drug-likeness (QED) is 0.527. The molecule has 4 nitrogen and oxygen atoms in total. The maximum atomic E-state index is 11.6. The molecule has 0 aliphatic carbocycles. The molecular formula is C22H20O4. The Morgan fingerprint density at radius 3 is 1.35 bits per heavy atom. The fourth-order valence-electron chi connectivity index (χ4n) is 2.04. The lowest BCUT2D eigenvalue weighted by Gasteiger charge is -2.04. The molecular weight excluding hydrogens is 328 g/mol. The fourth-order valence-corrected chi connectivity index (χ4v) is 2.04. The van der Waals surface area contributed by atoms with Gasteiger partial charge in [-0.05, 0) is 22.3 Å². The van der Waals surface area contributed by atoms with Crippen molar-refractivity contribution >= 4 is 24.1 Å². The summed E-state index contributed by atoms with van der Waals surface area (Å²) < 4.78 is 10.1. The zero-order valence-corrected chi connectivity index (χ0v) is 14.4. The van der Waals surface area contributed by atoms with E-state index in [2.05, 4.69) is 13.2 Å². The third-order valence-electron chi connectivity index (χ3n) is 3.55. The Morgan fingerprint density at radius 1 is 0.692 bits per heavy atom. The molecule has 2 aromatic carbocycles. The minimum atomic E-state index is -0.606. The summed E-state index contributed by atoms with van der Waals surface area (Å²) in [7, 11) is 0. The van der Waals surface area contributed by atoms with Gasteiger partial charge in [-0.2, -0.15) is 0 Å². The molecule has 2 rings (SSSR count). The molecule has 0 N–H and O–H groups in total. The highest BCUT2D eigenvalue weighted by Crippen LogP contribution is 2.08. The first-order valence-corrected chi connectivity index (χ1v) is 8.05. The molecule has 0 saturated carbocycles. The van der Waals surface area contributed by atoms with Gasteiger partial charge in [0.05, 0.1) is 0 Å². The van der Waals surface area contributed by atoms with Crippen LogP contribution in [0.15, 0.2) is 73.8 Å². The van der Waals surface area contributed by atoms with Crippen LogP contribution in [0.25, 0.3) is 12.2 Å². The monoisotopic (exact) mass is 348 g/mol. The van der Waals surface area contributed by atoms with Gasteiger partial charge in [-0.1, -0.05) is 73.8 Å². The standard InChI is InChI=1S/C22H20O4/c1-3-17-5-9-19(10-6-17)15-25-21(23)13-14-22(24)26-16-20-11-7-18(4-2)8-12-20/h3-14H,1-2,15-16H2. The molecule has 0 radical (unpaired) electrons. The van der Waals surface area contributed by atoms with E-state index < -0.39 is 11.9 Å². The van der Waals surface area contributed by atoms with Gasteiger partial charge in [-0.3, -0.25) is 0 Å². The van der Waals surface area contributed by atoms with Crippen molar-refractivity contribution in [3.8, 4) is 0 Å². The van der Waals surface area contributed by atoms with Crippen molar-refractivity contribution in [2.24, 2.45) is 0 Å². The first-order valence-electron chi connectivity index (χ1n) is 8.05. The van der Waals surface area contributed by atoms with Gasteiger partial charge in [0.25, 0.3) is 0 Å². The second-order valence-electron chi connectivity index (χ2n) is 5.44. The van der Waals surface area contributed by atoms with Crippen LogP contribution in [0.4, 0.5) is 0 Å². The summed E-state index contributed by atoms with van der Waals surface area (Å²) in [4.78, 5) is 23.3. The number of hydrogen-bond acceptors (Lipinski definition) is 4. The minimum absolute atomic E-state index is 0.130. The molecule has 0 spiro atoms. The van der Waals surface area contributed by atoms with Crippen LogP contribution in [-0.2, 0) is 32.3 Å². The predicted molar refractivity (Wildman–Crippen MR) is 102 cm³/mol.